The lowest BCUT2D eigenvalue weighted by molar-refractivity contribution is 0.469. The number of rotatable bonds is 5. The first-order valence-corrected chi connectivity index (χ1v) is 7.72. The molecule has 20 heavy (non-hydrogen) atoms. The van der Waals surface area contributed by atoms with Crippen LogP contribution in [-0.4, -0.2) is 19.7 Å². The highest BCUT2D eigenvalue weighted by Gasteiger charge is 2.30. The van der Waals surface area contributed by atoms with E-state index in [-0.39, 0.29) is 0 Å². The number of hydrogen-bond acceptors (Lipinski definition) is 4. The molecule has 6 heteroatoms. The summed E-state index contributed by atoms with van der Waals surface area (Å²) in [5, 5.41) is 7.91. The molecule has 0 aliphatic heterocycles. The molecule has 2 heterocycles. The van der Waals surface area contributed by atoms with Crippen LogP contribution in [0.2, 0.25) is 0 Å². The molecule has 0 atom stereocenters. The van der Waals surface area contributed by atoms with E-state index in [1.165, 1.54) is 18.5 Å². The summed E-state index contributed by atoms with van der Waals surface area (Å²) >= 11 is 3.46. The molecule has 2 aromatic heterocycles. The predicted molar refractivity (Wildman–Crippen MR) is 82.1 cm³/mol. The standard InChI is InChI=1S/C14H18BrN5/c1-9(2)7-20-13(10-3-4-10)12(6-18-20)19-14-11(15)5-16-8-17-14/h5-6,8-10H,3-4,7H2,1-2H3,(H,16,17,19). The number of nitrogens with one attached hydrogen (secondary N) is 1. The van der Waals surface area contributed by atoms with Gasteiger partial charge >= 0.3 is 0 Å². The van der Waals surface area contributed by atoms with Crippen LogP contribution in [0.5, 0.6) is 0 Å². The molecule has 1 fully saturated rings. The van der Waals surface area contributed by atoms with Crippen LogP contribution in [0, 0.1) is 5.92 Å². The van der Waals surface area contributed by atoms with Gasteiger partial charge in [-0.15, -0.1) is 0 Å². The van der Waals surface area contributed by atoms with E-state index in [2.05, 4.69) is 54.8 Å². The van der Waals surface area contributed by atoms with Gasteiger partial charge in [0.2, 0.25) is 0 Å². The summed E-state index contributed by atoms with van der Waals surface area (Å²) in [6.45, 7) is 5.39. The Morgan fingerprint density at radius 1 is 1.40 bits per heavy atom. The monoisotopic (exact) mass is 335 g/mol. The van der Waals surface area contributed by atoms with E-state index in [1.807, 2.05) is 6.20 Å². The van der Waals surface area contributed by atoms with Crippen molar-refractivity contribution < 1.29 is 0 Å². The summed E-state index contributed by atoms with van der Waals surface area (Å²) in [6, 6.07) is 0. The summed E-state index contributed by atoms with van der Waals surface area (Å²) in [7, 11) is 0. The van der Waals surface area contributed by atoms with Gasteiger partial charge in [0.25, 0.3) is 0 Å². The van der Waals surface area contributed by atoms with Gasteiger partial charge in [-0.2, -0.15) is 5.10 Å². The Hall–Kier alpha value is -1.43. The first kappa shape index (κ1) is 13.5. The Labute approximate surface area is 127 Å². The summed E-state index contributed by atoms with van der Waals surface area (Å²) in [6.07, 6.45) is 7.70. The zero-order valence-electron chi connectivity index (χ0n) is 11.7. The quantitative estimate of drug-likeness (QED) is 0.904. The molecule has 1 aliphatic carbocycles. The fraction of sp³-hybridized carbons (Fsp3) is 0.500. The third kappa shape index (κ3) is 2.85. The highest BCUT2D eigenvalue weighted by Crippen LogP contribution is 2.44. The lowest BCUT2D eigenvalue weighted by Gasteiger charge is -2.12. The van der Waals surface area contributed by atoms with Crippen molar-refractivity contribution in [3.05, 3.63) is 28.9 Å². The second kappa shape index (κ2) is 5.52. The molecule has 0 aromatic carbocycles. The van der Waals surface area contributed by atoms with Crippen LogP contribution in [0.25, 0.3) is 0 Å². The Kier molecular flexibility index (Phi) is 3.74. The summed E-state index contributed by atoms with van der Waals surface area (Å²) in [4.78, 5) is 8.24. The van der Waals surface area contributed by atoms with Crippen LogP contribution in [-0.2, 0) is 6.54 Å². The molecule has 1 saturated carbocycles. The Balaban J connectivity index is 1.90. The fourth-order valence-corrected chi connectivity index (χ4v) is 2.62. The number of aromatic nitrogens is 4. The Bertz CT molecular complexity index is 603. The van der Waals surface area contributed by atoms with E-state index in [4.69, 9.17) is 0 Å². The molecule has 0 radical (unpaired) electrons. The number of nitrogens with zero attached hydrogens (tertiary/aromatic N) is 4. The molecule has 2 aromatic rings. The van der Waals surface area contributed by atoms with E-state index in [9.17, 15) is 0 Å². The molecule has 1 aliphatic rings. The van der Waals surface area contributed by atoms with Gasteiger partial charge in [-0.1, -0.05) is 13.8 Å². The summed E-state index contributed by atoms with van der Waals surface area (Å²) in [5.74, 6) is 2.01. The highest BCUT2D eigenvalue weighted by molar-refractivity contribution is 9.10. The minimum absolute atomic E-state index is 0.589. The van der Waals surface area contributed by atoms with Gasteiger partial charge in [0.1, 0.15) is 12.1 Å². The maximum Gasteiger partial charge on any atom is 0.148 e. The zero-order valence-corrected chi connectivity index (χ0v) is 13.3. The van der Waals surface area contributed by atoms with Gasteiger partial charge in [0.15, 0.2) is 0 Å². The number of anilines is 2. The second-order valence-electron chi connectivity index (χ2n) is 5.64. The minimum Gasteiger partial charge on any atom is -0.336 e. The second-order valence-corrected chi connectivity index (χ2v) is 6.49. The highest BCUT2D eigenvalue weighted by atomic mass is 79.9. The number of hydrogen-bond donors (Lipinski definition) is 1. The SMILES string of the molecule is CC(C)Cn1ncc(Nc2ncncc2Br)c1C1CC1. The van der Waals surface area contributed by atoms with E-state index in [0.29, 0.717) is 11.8 Å². The molecule has 0 amide bonds. The average Bonchev–Trinajstić information content (AvgIpc) is 3.16. The van der Waals surface area contributed by atoms with Crippen LogP contribution in [0.4, 0.5) is 11.5 Å². The molecule has 1 N–H and O–H groups in total. The molecule has 0 bridgehead atoms. The molecular formula is C14H18BrN5. The van der Waals surface area contributed by atoms with Crippen molar-refractivity contribution >= 4 is 27.4 Å². The normalized spacial score (nSPS) is 14.8. The van der Waals surface area contributed by atoms with Crippen molar-refractivity contribution in [2.75, 3.05) is 5.32 Å². The van der Waals surface area contributed by atoms with Crippen LogP contribution in [0.15, 0.2) is 23.2 Å². The van der Waals surface area contributed by atoms with Gasteiger partial charge in [-0.3, -0.25) is 4.68 Å². The van der Waals surface area contributed by atoms with Gasteiger partial charge in [0.05, 0.1) is 22.1 Å². The lowest BCUT2D eigenvalue weighted by Crippen LogP contribution is -2.10. The van der Waals surface area contributed by atoms with Gasteiger partial charge in [-0.05, 0) is 34.7 Å². The van der Waals surface area contributed by atoms with Crippen LogP contribution >= 0.6 is 15.9 Å². The first-order chi connectivity index (χ1) is 9.65. The van der Waals surface area contributed by atoms with E-state index in [0.717, 1.165) is 22.5 Å². The third-order valence-electron chi connectivity index (χ3n) is 3.30. The fourth-order valence-electron chi connectivity index (χ4n) is 2.30. The molecule has 5 nitrogen and oxygen atoms in total. The summed E-state index contributed by atoms with van der Waals surface area (Å²) < 4.78 is 3.00. The molecule has 0 unspecified atom stereocenters. The van der Waals surface area contributed by atoms with Crippen molar-refractivity contribution in [2.24, 2.45) is 5.92 Å². The smallest absolute Gasteiger partial charge is 0.148 e. The lowest BCUT2D eigenvalue weighted by atomic mass is 10.2. The van der Waals surface area contributed by atoms with E-state index < -0.39 is 0 Å². The molecule has 106 valence electrons. The maximum absolute atomic E-state index is 4.54. The molecule has 3 rings (SSSR count). The van der Waals surface area contributed by atoms with Crippen molar-refractivity contribution in [2.45, 2.75) is 39.2 Å². The first-order valence-electron chi connectivity index (χ1n) is 6.93. The van der Waals surface area contributed by atoms with Crippen LogP contribution in [0.1, 0.15) is 38.3 Å². The van der Waals surface area contributed by atoms with Gasteiger partial charge in [0, 0.05) is 18.7 Å². The predicted octanol–water partition coefficient (Wildman–Crippen LogP) is 3.71. The molecule has 0 saturated heterocycles. The maximum atomic E-state index is 4.54. The van der Waals surface area contributed by atoms with Crippen LogP contribution < -0.4 is 5.32 Å². The molecular weight excluding hydrogens is 318 g/mol. The summed E-state index contributed by atoms with van der Waals surface area (Å²) in [5.41, 5.74) is 2.37. The van der Waals surface area contributed by atoms with Crippen molar-refractivity contribution in [3.8, 4) is 0 Å². The molecule has 0 spiro atoms. The van der Waals surface area contributed by atoms with Crippen molar-refractivity contribution in [3.63, 3.8) is 0 Å². The topological polar surface area (TPSA) is 55.6 Å². The van der Waals surface area contributed by atoms with Crippen molar-refractivity contribution in [1.82, 2.24) is 19.7 Å². The number of halogens is 1. The Morgan fingerprint density at radius 3 is 2.85 bits per heavy atom. The Morgan fingerprint density at radius 2 is 2.20 bits per heavy atom. The van der Waals surface area contributed by atoms with Crippen LogP contribution in [0.3, 0.4) is 0 Å². The van der Waals surface area contributed by atoms with Crippen molar-refractivity contribution in [1.29, 1.82) is 0 Å². The van der Waals surface area contributed by atoms with Gasteiger partial charge in [-0.25, -0.2) is 9.97 Å². The largest absolute Gasteiger partial charge is 0.336 e. The van der Waals surface area contributed by atoms with E-state index in [1.54, 1.807) is 12.5 Å². The minimum atomic E-state index is 0.589. The van der Waals surface area contributed by atoms with Gasteiger partial charge < -0.3 is 5.32 Å². The third-order valence-corrected chi connectivity index (χ3v) is 3.88. The van der Waals surface area contributed by atoms with E-state index >= 15 is 0 Å². The zero-order chi connectivity index (χ0) is 14.1. The average molecular weight is 336 g/mol.